The topological polar surface area (TPSA) is 34.2 Å². The Labute approximate surface area is 122 Å². The molecule has 0 saturated carbocycles. The van der Waals surface area contributed by atoms with Gasteiger partial charge in [0.1, 0.15) is 5.75 Å². The lowest BCUT2D eigenvalue weighted by Gasteiger charge is -2.19. The van der Waals surface area contributed by atoms with Gasteiger partial charge in [-0.05, 0) is 31.7 Å². The first-order valence-electron chi connectivity index (χ1n) is 6.14. The monoisotopic (exact) mass is 296 g/mol. The van der Waals surface area contributed by atoms with Crippen LogP contribution in [0.25, 0.3) is 0 Å². The van der Waals surface area contributed by atoms with Crippen LogP contribution < -0.4 is 10.1 Å². The lowest BCUT2D eigenvalue weighted by Crippen LogP contribution is -2.23. The first-order valence-corrected chi connectivity index (χ1v) is 7.40. The fraction of sp³-hybridized carbons (Fsp3) is 0.357. The minimum atomic E-state index is 0.00333. The summed E-state index contributed by atoms with van der Waals surface area (Å²) in [7, 11) is 1.67. The van der Waals surface area contributed by atoms with Crippen LogP contribution in [0.15, 0.2) is 23.6 Å². The zero-order valence-corrected chi connectivity index (χ0v) is 12.8. The van der Waals surface area contributed by atoms with Gasteiger partial charge in [-0.25, -0.2) is 4.98 Å². The zero-order chi connectivity index (χ0) is 13.8. The second-order valence-corrected chi connectivity index (χ2v) is 5.67. The van der Waals surface area contributed by atoms with E-state index in [0.717, 1.165) is 28.6 Å². The highest BCUT2D eigenvalue weighted by molar-refractivity contribution is 7.09. The third-order valence-electron chi connectivity index (χ3n) is 2.84. The smallest absolute Gasteiger partial charge is 0.124 e. The molecule has 1 N–H and O–H groups in total. The van der Waals surface area contributed by atoms with Crippen molar-refractivity contribution in [2.75, 3.05) is 13.7 Å². The highest BCUT2D eigenvalue weighted by atomic mass is 35.5. The number of ether oxygens (including phenoxy) is 1. The Bertz CT molecular complexity index is 556. The minimum absolute atomic E-state index is 0.00333. The predicted octanol–water partition coefficient (Wildman–Crippen LogP) is 3.81. The molecule has 2 rings (SSSR count). The molecule has 1 atom stereocenters. The maximum atomic E-state index is 6.11. The van der Waals surface area contributed by atoms with E-state index in [9.17, 15) is 0 Å². The molecule has 19 heavy (non-hydrogen) atoms. The molecule has 1 aromatic carbocycles. The Morgan fingerprint density at radius 2 is 2.26 bits per heavy atom. The Hall–Kier alpha value is -1.10. The molecule has 3 nitrogen and oxygen atoms in total. The molecule has 0 aliphatic carbocycles. The lowest BCUT2D eigenvalue weighted by molar-refractivity contribution is 0.404. The number of benzene rings is 1. The molecule has 5 heteroatoms. The number of rotatable bonds is 5. The summed E-state index contributed by atoms with van der Waals surface area (Å²) in [5.74, 6) is 0.820. The average Bonchev–Trinajstić information content (AvgIpc) is 2.82. The van der Waals surface area contributed by atoms with Crippen LogP contribution in [0.5, 0.6) is 5.75 Å². The van der Waals surface area contributed by atoms with Gasteiger partial charge < -0.3 is 10.1 Å². The van der Waals surface area contributed by atoms with E-state index in [-0.39, 0.29) is 6.04 Å². The van der Waals surface area contributed by atoms with Crippen molar-refractivity contribution in [3.05, 3.63) is 44.9 Å². The summed E-state index contributed by atoms with van der Waals surface area (Å²) >= 11 is 7.76. The van der Waals surface area contributed by atoms with Gasteiger partial charge in [0.15, 0.2) is 0 Å². The molecule has 0 bridgehead atoms. The largest absolute Gasteiger partial charge is 0.496 e. The summed E-state index contributed by atoms with van der Waals surface area (Å²) in [6, 6.07) is 5.66. The number of aryl methyl sites for hydroxylation is 1. The quantitative estimate of drug-likeness (QED) is 0.911. The van der Waals surface area contributed by atoms with Crippen LogP contribution >= 0.6 is 22.9 Å². The van der Waals surface area contributed by atoms with E-state index in [1.165, 1.54) is 0 Å². The van der Waals surface area contributed by atoms with Gasteiger partial charge in [0.25, 0.3) is 0 Å². The van der Waals surface area contributed by atoms with Gasteiger partial charge in [-0.2, -0.15) is 0 Å². The predicted molar refractivity (Wildman–Crippen MR) is 80.4 cm³/mol. The summed E-state index contributed by atoms with van der Waals surface area (Å²) in [4.78, 5) is 4.57. The van der Waals surface area contributed by atoms with E-state index in [4.69, 9.17) is 16.3 Å². The van der Waals surface area contributed by atoms with Crippen LogP contribution in [-0.4, -0.2) is 18.6 Å². The maximum Gasteiger partial charge on any atom is 0.124 e. The lowest BCUT2D eigenvalue weighted by atomic mass is 10.0. The number of nitrogens with one attached hydrogen (secondary N) is 1. The van der Waals surface area contributed by atoms with Crippen molar-refractivity contribution in [1.29, 1.82) is 0 Å². The molecule has 0 saturated heterocycles. The molecule has 0 aliphatic rings. The van der Waals surface area contributed by atoms with Crippen molar-refractivity contribution in [2.24, 2.45) is 0 Å². The molecule has 0 spiro atoms. The van der Waals surface area contributed by atoms with Crippen molar-refractivity contribution in [3.63, 3.8) is 0 Å². The standard InChI is InChI=1S/C14H17ClN2OS/c1-4-16-14(12-8-19-9(2)17-12)11-7-10(15)5-6-13(11)18-3/h5-8,14,16H,4H2,1-3H3. The number of hydrogen-bond acceptors (Lipinski definition) is 4. The molecule has 1 aromatic heterocycles. The Kier molecular flexibility index (Phi) is 4.80. The van der Waals surface area contributed by atoms with Crippen LogP contribution in [0.1, 0.15) is 29.2 Å². The van der Waals surface area contributed by atoms with Gasteiger partial charge in [0.2, 0.25) is 0 Å². The second kappa shape index (κ2) is 6.37. The highest BCUT2D eigenvalue weighted by Crippen LogP contribution is 2.32. The number of hydrogen-bond donors (Lipinski definition) is 1. The van der Waals surface area contributed by atoms with E-state index in [1.807, 2.05) is 25.1 Å². The third kappa shape index (κ3) is 3.26. The van der Waals surface area contributed by atoms with Crippen molar-refractivity contribution in [3.8, 4) is 5.75 Å². The van der Waals surface area contributed by atoms with Crippen molar-refractivity contribution in [2.45, 2.75) is 19.9 Å². The van der Waals surface area contributed by atoms with Gasteiger partial charge >= 0.3 is 0 Å². The van der Waals surface area contributed by atoms with Gasteiger partial charge in [0, 0.05) is 16.0 Å². The van der Waals surface area contributed by atoms with E-state index >= 15 is 0 Å². The number of aromatic nitrogens is 1. The van der Waals surface area contributed by atoms with Gasteiger partial charge in [-0.3, -0.25) is 0 Å². The van der Waals surface area contributed by atoms with E-state index in [2.05, 4.69) is 22.6 Å². The Balaban J connectivity index is 2.46. The fourth-order valence-electron chi connectivity index (χ4n) is 2.02. The number of nitrogens with zero attached hydrogens (tertiary/aromatic N) is 1. The molecule has 1 heterocycles. The summed E-state index contributed by atoms with van der Waals surface area (Å²) in [5.41, 5.74) is 2.02. The minimum Gasteiger partial charge on any atom is -0.496 e. The normalized spacial score (nSPS) is 12.4. The van der Waals surface area contributed by atoms with Crippen molar-refractivity contribution >= 4 is 22.9 Å². The summed E-state index contributed by atoms with van der Waals surface area (Å²) in [5, 5.41) is 7.26. The van der Waals surface area contributed by atoms with Crippen LogP contribution in [0.2, 0.25) is 5.02 Å². The van der Waals surface area contributed by atoms with Gasteiger partial charge in [0.05, 0.1) is 23.9 Å². The molecular formula is C14H17ClN2OS. The van der Waals surface area contributed by atoms with Crippen LogP contribution in [0.3, 0.4) is 0 Å². The number of methoxy groups -OCH3 is 1. The fourth-order valence-corrected chi connectivity index (χ4v) is 2.84. The van der Waals surface area contributed by atoms with E-state index in [1.54, 1.807) is 18.4 Å². The molecule has 2 aromatic rings. The second-order valence-electron chi connectivity index (χ2n) is 4.17. The molecule has 1 unspecified atom stereocenters. The van der Waals surface area contributed by atoms with Crippen LogP contribution in [0.4, 0.5) is 0 Å². The zero-order valence-electron chi connectivity index (χ0n) is 11.2. The van der Waals surface area contributed by atoms with Gasteiger partial charge in [-0.15, -0.1) is 11.3 Å². The molecule has 0 fully saturated rings. The first-order chi connectivity index (χ1) is 9.15. The molecular weight excluding hydrogens is 280 g/mol. The number of halogens is 1. The van der Waals surface area contributed by atoms with Crippen molar-refractivity contribution < 1.29 is 4.74 Å². The maximum absolute atomic E-state index is 6.11. The highest BCUT2D eigenvalue weighted by Gasteiger charge is 2.20. The van der Waals surface area contributed by atoms with E-state index < -0.39 is 0 Å². The molecule has 102 valence electrons. The van der Waals surface area contributed by atoms with Gasteiger partial charge in [-0.1, -0.05) is 18.5 Å². The average molecular weight is 297 g/mol. The van der Waals surface area contributed by atoms with Crippen molar-refractivity contribution in [1.82, 2.24) is 10.3 Å². The van der Waals surface area contributed by atoms with Crippen LogP contribution in [0, 0.1) is 6.92 Å². The number of thiazole rings is 1. The van der Waals surface area contributed by atoms with E-state index in [0.29, 0.717) is 5.02 Å². The SMILES string of the molecule is CCNC(c1csc(C)n1)c1cc(Cl)ccc1OC. The molecule has 0 amide bonds. The summed E-state index contributed by atoms with van der Waals surface area (Å²) in [6.07, 6.45) is 0. The summed E-state index contributed by atoms with van der Waals surface area (Å²) < 4.78 is 5.43. The Morgan fingerprint density at radius 3 is 2.84 bits per heavy atom. The first kappa shape index (κ1) is 14.3. The Morgan fingerprint density at radius 1 is 1.47 bits per heavy atom. The molecule has 0 aliphatic heterocycles. The third-order valence-corrected chi connectivity index (χ3v) is 3.87. The summed E-state index contributed by atoms with van der Waals surface area (Å²) in [6.45, 7) is 4.92. The molecule has 0 radical (unpaired) electrons. The van der Waals surface area contributed by atoms with Crippen LogP contribution in [-0.2, 0) is 0 Å².